The molecule has 0 heterocycles. The van der Waals surface area contributed by atoms with Crippen LogP contribution in [0, 0.1) is 0 Å². The lowest BCUT2D eigenvalue weighted by Crippen LogP contribution is -2.70. The lowest BCUT2D eigenvalue weighted by atomic mass is 9.96. The first-order valence-corrected chi connectivity index (χ1v) is 8.60. The molecular formula is C14H6F24O. The van der Waals surface area contributed by atoms with E-state index in [1.807, 2.05) is 0 Å². The van der Waals surface area contributed by atoms with Gasteiger partial charge >= 0.3 is 60.1 Å². The van der Waals surface area contributed by atoms with Crippen LogP contribution in [0.4, 0.5) is 105 Å². The van der Waals surface area contributed by atoms with Crippen molar-refractivity contribution in [2.75, 3.05) is 0 Å². The second kappa shape index (κ2) is 9.98. The van der Waals surface area contributed by atoms with E-state index in [2.05, 4.69) is 0 Å². The summed E-state index contributed by atoms with van der Waals surface area (Å²) in [5.41, 5.74) is 0. The Morgan fingerprint density at radius 1 is 0.359 bits per heavy atom. The van der Waals surface area contributed by atoms with Crippen molar-refractivity contribution in [2.45, 2.75) is 85.3 Å². The number of ether oxygens (including phenoxy) is 1. The van der Waals surface area contributed by atoms with Crippen LogP contribution in [0.1, 0.15) is 12.8 Å². The van der Waals surface area contributed by atoms with E-state index in [1.165, 1.54) is 0 Å². The Morgan fingerprint density at radius 2 is 0.564 bits per heavy atom. The molecule has 0 saturated heterocycles. The van der Waals surface area contributed by atoms with Crippen LogP contribution < -0.4 is 0 Å². The molecule has 0 aliphatic carbocycles. The summed E-state index contributed by atoms with van der Waals surface area (Å²) in [5.74, 6) is -49.2. The lowest BCUT2D eigenvalue weighted by Gasteiger charge is -2.41. The van der Waals surface area contributed by atoms with Gasteiger partial charge in [-0.15, -0.1) is 0 Å². The summed E-state index contributed by atoms with van der Waals surface area (Å²) in [6, 6.07) is 0. The Hall–Kier alpha value is -1.72. The fraction of sp³-hybridized carbons (Fsp3) is 1.00. The van der Waals surface area contributed by atoms with Crippen LogP contribution in [-0.2, 0) is 4.74 Å². The molecule has 0 amide bonds. The van der Waals surface area contributed by atoms with Gasteiger partial charge in [-0.05, 0) is 0 Å². The maximum absolute atomic E-state index is 13.4. The van der Waals surface area contributed by atoms with E-state index in [1.54, 1.807) is 0 Å². The van der Waals surface area contributed by atoms with Gasteiger partial charge in [0.2, 0.25) is 0 Å². The lowest BCUT2D eigenvalue weighted by molar-refractivity contribution is -0.517. The fourth-order valence-electron chi connectivity index (χ4n) is 2.13. The van der Waals surface area contributed by atoms with Gasteiger partial charge < -0.3 is 0 Å². The average Bonchev–Trinajstić information content (AvgIpc) is 2.63. The average molecular weight is 646 g/mol. The van der Waals surface area contributed by atoms with Crippen molar-refractivity contribution in [3.8, 4) is 0 Å². The topological polar surface area (TPSA) is 9.23 Å². The third-order valence-corrected chi connectivity index (χ3v) is 4.22. The Bertz CT molecular complexity index is 767. The second-order valence-corrected chi connectivity index (χ2v) is 7.25. The molecule has 0 aliphatic heterocycles. The van der Waals surface area contributed by atoms with Crippen LogP contribution in [0.15, 0.2) is 0 Å². The highest BCUT2D eigenvalue weighted by atomic mass is 19.4. The Kier molecular flexibility index (Phi) is 9.54. The maximum Gasteiger partial charge on any atom is 0.430 e. The summed E-state index contributed by atoms with van der Waals surface area (Å²) >= 11 is 0. The molecule has 0 saturated carbocycles. The molecule has 236 valence electrons. The number of hydrogen-bond donors (Lipinski definition) is 0. The molecule has 0 rings (SSSR count). The summed E-state index contributed by atoms with van der Waals surface area (Å²) < 4.78 is 311. The van der Waals surface area contributed by atoms with Crippen molar-refractivity contribution < 1.29 is 110 Å². The molecule has 2 atom stereocenters. The van der Waals surface area contributed by atoms with Gasteiger partial charge in [0.15, 0.2) is 12.3 Å². The van der Waals surface area contributed by atoms with E-state index < -0.39 is 85.3 Å². The van der Waals surface area contributed by atoms with Crippen LogP contribution in [0.2, 0.25) is 0 Å². The third kappa shape index (κ3) is 6.62. The molecule has 0 aliphatic rings. The van der Waals surface area contributed by atoms with E-state index in [0.717, 1.165) is 4.74 Å². The van der Waals surface area contributed by atoms with Gasteiger partial charge in [-0.2, -0.15) is 96.6 Å². The van der Waals surface area contributed by atoms with Crippen molar-refractivity contribution >= 4 is 0 Å². The molecule has 39 heavy (non-hydrogen) atoms. The van der Waals surface area contributed by atoms with Gasteiger partial charge in [0.1, 0.15) is 0 Å². The monoisotopic (exact) mass is 646 g/mol. The molecule has 0 spiro atoms. The standard InChI is InChI=1S/C14H6F24O/c15-3(1-5(17,18)19)7(23,24)9(27,28)11(31,32)13(35,36)39-14(37,38)12(33,34)10(29,30)8(25,26)4(16)2-6(20,21)22/h3-4H,1-2H2. The first-order valence-electron chi connectivity index (χ1n) is 8.60. The molecule has 2 unspecified atom stereocenters. The van der Waals surface area contributed by atoms with Crippen molar-refractivity contribution in [3.63, 3.8) is 0 Å². The van der Waals surface area contributed by atoms with E-state index in [-0.39, 0.29) is 0 Å². The minimum Gasteiger partial charge on any atom is -0.245 e. The van der Waals surface area contributed by atoms with Gasteiger partial charge in [0, 0.05) is 0 Å². The first kappa shape index (κ1) is 37.3. The predicted molar refractivity (Wildman–Crippen MR) is 71.8 cm³/mol. The number of alkyl halides is 24. The van der Waals surface area contributed by atoms with E-state index in [4.69, 9.17) is 0 Å². The van der Waals surface area contributed by atoms with Gasteiger partial charge in [-0.3, -0.25) is 0 Å². The normalized spacial score (nSPS) is 17.8. The zero-order valence-corrected chi connectivity index (χ0v) is 17.0. The Morgan fingerprint density at radius 3 is 0.744 bits per heavy atom. The zero-order chi connectivity index (χ0) is 32.3. The van der Waals surface area contributed by atoms with Gasteiger partial charge in [0.05, 0.1) is 12.8 Å². The molecule has 0 N–H and O–H groups in total. The number of halogens is 24. The van der Waals surface area contributed by atoms with E-state index in [9.17, 15) is 105 Å². The minimum absolute atomic E-state index is 0.997. The zero-order valence-electron chi connectivity index (χ0n) is 17.0. The van der Waals surface area contributed by atoms with Gasteiger partial charge in [0.25, 0.3) is 0 Å². The summed E-state index contributed by atoms with van der Waals surface area (Å²) in [4.78, 5) is 0. The molecule has 25 heteroatoms. The van der Waals surface area contributed by atoms with Crippen LogP contribution in [0.25, 0.3) is 0 Å². The molecule has 0 fully saturated rings. The minimum atomic E-state index is -8.57. The third-order valence-electron chi connectivity index (χ3n) is 4.22. The summed E-state index contributed by atoms with van der Waals surface area (Å²) in [6.45, 7) is 0. The van der Waals surface area contributed by atoms with Gasteiger partial charge in [-0.1, -0.05) is 0 Å². The summed E-state index contributed by atoms with van der Waals surface area (Å²) in [5, 5.41) is 0. The molecule has 0 bridgehead atoms. The van der Waals surface area contributed by atoms with Crippen molar-refractivity contribution in [1.82, 2.24) is 0 Å². The highest BCUT2D eigenvalue weighted by Crippen LogP contribution is 2.60. The SMILES string of the molecule is FC(CC(F)(F)F)C(F)(F)C(F)(F)C(F)(F)C(F)(F)OC(F)(F)C(F)(F)C(F)(F)C(F)(F)C(F)CC(F)(F)F. The molecular weight excluding hydrogens is 640 g/mol. The van der Waals surface area contributed by atoms with Crippen molar-refractivity contribution in [1.29, 1.82) is 0 Å². The molecule has 0 aromatic heterocycles. The second-order valence-electron chi connectivity index (χ2n) is 7.25. The largest absolute Gasteiger partial charge is 0.430 e. The first-order chi connectivity index (χ1) is 16.5. The molecule has 0 aromatic carbocycles. The van der Waals surface area contributed by atoms with E-state index in [0.29, 0.717) is 0 Å². The Labute approximate surface area is 197 Å². The highest BCUT2D eigenvalue weighted by molar-refractivity contribution is 5.07. The van der Waals surface area contributed by atoms with Crippen LogP contribution >= 0.6 is 0 Å². The van der Waals surface area contributed by atoms with Crippen molar-refractivity contribution in [2.24, 2.45) is 0 Å². The fourth-order valence-corrected chi connectivity index (χ4v) is 2.13. The predicted octanol–water partition coefficient (Wildman–Crippen LogP) is 8.58. The molecule has 0 aromatic rings. The maximum atomic E-state index is 13.4. The summed E-state index contributed by atoms with van der Waals surface area (Å²) in [6.07, 6.45) is -48.3. The highest BCUT2D eigenvalue weighted by Gasteiger charge is 2.89. The molecule has 1 nitrogen and oxygen atoms in total. The van der Waals surface area contributed by atoms with Crippen molar-refractivity contribution in [3.05, 3.63) is 0 Å². The molecule has 0 radical (unpaired) electrons. The summed E-state index contributed by atoms with van der Waals surface area (Å²) in [7, 11) is 0. The van der Waals surface area contributed by atoms with Crippen LogP contribution in [-0.4, -0.2) is 72.4 Å². The quantitative estimate of drug-likeness (QED) is 0.193. The van der Waals surface area contributed by atoms with Crippen LogP contribution in [0.5, 0.6) is 0 Å². The van der Waals surface area contributed by atoms with E-state index >= 15 is 0 Å². The number of rotatable bonds is 12. The van der Waals surface area contributed by atoms with Gasteiger partial charge in [-0.25, -0.2) is 13.5 Å². The Balaban J connectivity index is 6.54. The number of hydrogen-bond acceptors (Lipinski definition) is 1. The smallest absolute Gasteiger partial charge is 0.245 e. The van der Waals surface area contributed by atoms with Crippen LogP contribution in [0.3, 0.4) is 0 Å².